The molecular formula is C20H25NO7S. The smallest absolute Gasteiger partial charge is 0.424 e. The zero-order valence-corrected chi connectivity index (χ0v) is 17.7. The van der Waals surface area contributed by atoms with Gasteiger partial charge in [0.15, 0.2) is 0 Å². The summed E-state index contributed by atoms with van der Waals surface area (Å²) in [6, 6.07) is 7.09. The fraction of sp³-hybridized carbons (Fsp3) is 0.600. The number of sulfonamides is 1. The fourth-order valence-corrected chi connectivity index (χ4v) is 6.81. The van der Waals surface area contributed by atoms with Crippen molar-refractivity contribution in [2.75, 3.05) is 13.7 Å². The molecule has 1 amide bonds. The minimum Gasteiger partial charge on any atom is -0.465 e. The van der Waals surface area contributed by atoms with E-state index < -0.39 is 38.5 Å². The number of hydrogen-bond acceptors (Lipinski definition) is 7. The van der Waals surface area contributed by atoms with Crippen LogP contribution >= 0.6 is 0 Å². The van der Waals surface area contributed by atoms with Crippen molar-refractivity contribution in [2.45, 2.75) is 62.1 Å². The third-order valence-corrected chi connectivity index (χ3v) is 8.10. The lowest BCUT2D eigenvalue weighted by Crippen LogP contribution is -2.40. The number of ether oxygens (including phenoxy) is 3. The van der Waals surface area contributed by atoms with Crippen molar-refractivity contribution in [1.29, 1.82) is 0 Å². The van der Waals surface area contributed by atoms with E-state index in [1.54, 1.807) is 32.9 Å². The van der Waals surface area contributed by atoms with Crippen LogP contribution in [-0.4, -0.2) is 61.0 Å². The van der Waals surface area contributed by atoms with Crippen LogP contribution in [0.15, 0.2) is 24.3 Å². The van der Waals surface area contributed by atoms with E-state index in [0.717, 1.165) is 9.87 Å². The maximum Gasteiger partial charge on any atom is 0.424 e. The van der Waals surface area contributed by atoms with Gasteiger partial charge in [-0.25, -0.2) is 22.3 Å². The van der Waals surface area contributed by atoms with Crippen molar-refractivity contribution in [3.05, 3.63) is 35.4 Å². The molecule has 3 aliphatic heterocycles. The van der Waals surface area contributed by atoms with Gasteiger partial charge < -0.3 is 14.2 Å². The lowest BCUT2D eigenvalue weighted by atomic mass is 9.77. The topological polar surface area (TPSA) is 99.2 Å². The zero-order chi connectivity index (χ0) is 21.2. The van der Waals surface area contributed by atoms with Gasteiger partial charge in [-0.05, 0) is 51.3 Å². The molecule has 0 unspecified atom stereocenters. The van der Waals surface area contributed by atoms with Crippen LogP contribution in [0.3, 0.4) is 0 Å². The number of carbonyl (C=O) groups is 2. The van der Waals surface area contributed by atoms with E-state index in [-0.39, 0.29) is 18.6 Å². The fourth-order valence-electron chi connectivity index (χ4n) is 4.66. The van der Waals surface area contributed by atoms with Gasteiger partial charge in [0, 0.05) is 5.92 Å². The number of fused-ring (bicyclic) bond motifs is 1. The van der Waals surface area contributed by atoms with Crippen molar-refractivity contribution >= 4 is 22.1 Å². The first-order valence-corrected chi connectivity index (χ1v) is 11.1. The highest BCUT2D eigenvalue weighted by molar-refractivity contribution is 7.90. The van der Waals surface area contributed by atoms with Crippen LogP contribution in [0.25, 0.3) is 0 Å². The van der Waals surface area contributed by atoms with Crippen LogP contribution in [0.1, 0.15) is 55.5 Å². The highest BCUT2D eigenvalue weighted by Crippen LogP contribution is 2.57. The summed E-state index contributed by atoms with van der Waals surface area (Å²) in [6.45, 7) is 5.07. The Hall–Kier alpha value is -2.13. The number of hydrogen-bond donors (Lipinski definition) is 0. The van der Waals surface area contributed by atoms with Crippen molar-refractivity contribution in [3.8, 4) is 0 Å². The summed E-state index contributed by atoms with van der Waals surface area (Å²) in [4.78, 5) is 24.1. The normalized spacial score (nSPS) is 32.1. The highest BCUT2D eigenvalue weighted by Gasteiger charge is 2.69. The van der Waals surface area contributed by atoms with Crippen LogP contribution in [0.2, 0.25) is 0 Å². The third-order valence-electron chi connectivity index (χ3n) is 5.87. The quantitative estimate of drug-likeness (QED) is 0.674. The van der Waals surface area contributed by atoms with E-state index >= 15 is 0 Å². The predicted molar refractivity (Wildman–Crippen MR) is 103 cm³/mol. The molecule has 1 aromatic rings. The van der Waals surface area contributed by atoms with Gasteiger partial charge in [0.2, 0.25) is 10.0 Å². The van der Waals surface area contributed by atoms with Gasteiger partial charge >= 0.3 is 12.1 Å². The van der Waals surface area contributed by atoms with Crippen LogP contribution < -0.4 is 0 Å². The van der Waals surface area contributed by atoms with Crippen molar-refractivity contribution in [3.63, 3.8) is 0 Å². The first-order chi connectivity index (χ1) is 13.5. The third kappa shape index (κ3) is 3.20. The molecule has 0 aliphatic carbocycles. The average Bonchev–Trinajstić information content (AvgIpc) is 3.26. The lowest BCUT2D eigenvalue weighted by Gasteiger charge is -2.26. The first-order valence-electron chi connectivity index (χ1n) is 9.57. The number of esters is 1. The summed E-state index contributed by atoms with van der Waals surface area (Å²) >= 11 is 0. The Morgan fingerprint density at radius 1 is 1.21 bits per heavy atom. The van der Waals surface area contributed by atoms with Gasteiger partial charge in [0.25, 0.3) is 0 Å². The van der Waals surface area contributed by atoms with Crippen molar-refractivity contribution in [1.82, 2.24) is 4.31 Å². The SMILES string of the molecule is COC(=O)c1ccc([C@H]2C[C@]34CN(C(=O)OC(C)(C)C)S(=O)(=O)[C@H]3C[C@H]2O4)cc1. The molecule has 3 saturated heterocycles. The molecule has 4 rings (SSSR count). The molecule has 9 heteroatoms. The number of methoxy groups -OCH3 is 1. The monoisotopic (exact) mass is 423 g/mol. The van der Waals surface area contributed by atoms with Gasteiger partial charge in [-0.2, -0.15) is 0 Å². The molecule has 0 saturated carbocycles. The molecule has 3 heterocycles. The standard InChI is InChI=1S/C20H25NO7S/c1-19(2,3)28-18(23)21-11-20-10-14(15(27-20)9-16(20)29(21,24)25)12-5-7-13(8-6-12)17(22)26-4/h5-8,14-16H,9-11H2,1-4H3/t14-,15-,16+,20+/m1/s1. The van der Waals surface area contributed by atoms with Crippen LogP contribution in [0, 0.1) is 0 Å². The number of amides is 1. The van der Waals surface area contributed by atoms with Crippen molar-refractivity contribution < 1.29 is 32.2 Å². The molecule has 0 radical (unpaired) electrons. The molecule has 2 bridgehead atoms. The summed E-state index contributed by atoms with van der Waals surface area (Å²) in [5, 5.41) is -0.738. The van der Waals surface area contributed by atoms with E-state index in [2.05, 4.69) is 0 Å². The molecule has 0 N–H and O–H groups in total. The van der Waals surface area contributed by atoms with E-state index in [4.69, 9.17) is 14.2 Å². The highest BCUT2D eigenvalue weighted by atomic mass is 32.2. The molecule has 158 valence electrons. The molecule has 8 nitrogen and oxygen atoms in total. The summed E-state index contributed by atoms with van der Waals surface area (Å²) < 4.78 is 43.0. The molecule has 1 aromatic carbocycles. The van der Waals surface area contributed by atoms with Crippen LogP contribution in [0.4, 0.5) is 4.79 Å². The summed E-state index contributed by atoms with van der Waals surface area (Å²) in [7, 11) is -2.50. The molecule has 1 spiro atoms. The second-order valence-electron chi connectivity index (χ2n) is 8.90. The van der Waals surface area contributed by atoms with Gasteiger partial charge in [0.05, 0.1) is 25.3 Å². The second kappa shape index (κ2) is 6.43. The second-order valence-corrected chi connectivity index (χ2v) is 10.9. The maximum absolute atomic E-state index is 13.0. The van der Waals surface area contributed by atoms with Gasteiger partial charge in [-0.3, -0.25) is 0 Å². The molecule has 29 heavy (non-hydrogen) atoms. The number of nitrogens with zero attached hydrogens (tertiary/aromatic N) is 1. The Kier molecular flexibility index (Phi) is 4.47. The van der Waals surface area contributed by atoms with E-state index in [9.17, 15) is 18.0 Å². The van der Waals surface area contributed by atoms with Gasteiger partial charge in [0.1, 0.15) is 16.5 Å². The molecule has 3 aliphatic rings. The zero-order valence-electron chi connectivity index (χ0n) is 16.9. The Bertz CT molecular complexity index is 950. The first kappa shape index (κ1) is 20.2. The summed E-state index contributed by atoms with van der Waals surface area (Å²) in [5.74, 6) is -0.402. The summed E-state index contributed by atoms with van der Waals surface area (Å²) in [5.41, 5.74) is -0.265. The van der Waals surface area contributed by atoms with Gasteiger partial charge in [-0.1, -0.05) is 12.1 Å². The Labute approximate surface area is 170 Å². The lowest BCUT2D eigenvalue weighted by molar-refractivity contribution is 0.000349. The largest absolute Gasteiger partial charge is 0.465 e. The number of carbonyl (C=O) groups excluding carboxylic acids is 2. The van der Waals surface area contributed by atoms with E-state index in [1.807, 2.05) is 12.1 Å². The average molecular weight is 423 g/mol. The summed E-state index contributed by atoms with van der Waals surface area (Å²) in [6.07, 6.45) is -0.254. The van der Waals surface area contributed by atoms with Gasteiger partial charge in [-0.15, -0.1) is 0 Å². The minimum absolute atomic E-state index is 0.00623. The number of rotatable bonds is 2. The molecule has 0 aromatic heterocycles. The maximum atomic E-state index is 13.0. The Morgan fingerprint density at radius 2 is 1.86 bits per heavy atom. The molecule has 3 fully saturated rings. The van der Waals surface area contributed by atoms with Crippen molar-refractivity contribution in [2.24, 2.45) is 0 Å². The van der Waals surface area contributed by atoms with Crippen LogP contribution in [-0.2, 0) is 24.2 Å². The van der Waals surface area contributed by atoms with E-state index in [0.29, 0.717) is 18.4 Å². The van der Waals surface area contributed by atoms with Crippen LogP contribution in [0.5, 0.6) is 0 Å². The molecule has 4 atom stereocenters. The van der Waals surface area contributed by atoms with E-state index in [1.165, 1.54) is 7.11 Å². The predicted octanol–water partition coefficient (Wildman–Crippen LogP) is 2.44. The molecular weight excluding hydrogens is 398 g/mol. The Morgan fingerprint density at radius 3 is 2.45 bits per heavy atom. The Balaban J connectivity index is 1.56. The minimum atomic E-state index is -3.83. The number of benzene rings is 1.